The van der Waals surface area contributed by atoms with E-state index in [2.05, 4.69) is 25.9 Å². The first-order chi connectivity index (χ1) is 12.8. The minimum Gasteiger partial charge on any atom is -0.387 e. The third-order valence-electron chi connectivity index (χ3n) is 6.01. The second-order valence-electron chi connectivity index (χ2n) is 7.84. The lowest BCUT2D eigenvalue weighted by Crippen LogP contribution is -2.35. The number of piperidine rings is 1. The molecular weight excluding hydrogens is 328 g/mol. The Labute approximate surface area is 153 Å². The summed E-state index contributed by atoms with van der Waals surface area (Å²) in [5, 5.41) is 17.1. The van der Waals surface area contributed by atoms with E-state index in [9.17, 15) is 0 Å². The zero-order valence-electron chi connectivity index (χ0n) is 15.1. The molecule has 7 nitrogen and oxygen atoms in total. The second-order valence-corrected chi connectivity index (χ2v) is 7.84. The van der Waals surface area contributed by atoms with Crippen LogP contribution in [0.25, 0.3) is 11.0 Å². The highest BCUT2D eigenvalue weighted by molar-refractivity contribution is 5.97. The third kappa shape index (κ3) is 2.84. The molecular formula is C19H26N6O. The van der Waals surface area contributed by atoms with Crippen LogP contribution in [-0.2, 0) is 4.84 Å². The molecule has 26 heavy (non-hydrogen) atoms. The predicted octanol–water partition coefficient (Wildman–Crippen LogP) is 2.88. The maximum absolute atomic E-state index is 5.90. The molecule has 2 aromatic heterocycles. The summed E-state index contributed by atoms with van der Waals surface area (Å²) in [7, 11) is 0. The number of nitrogens with one attached hydrogen (secondary N) is 2. The van der Waals surface area contributed by atoms with Crippen LogP contribution in [0.2, 0.25) is 0 Å². The number of hydrogen-bond acceptors (Lipinski definition) is 6. The molecule has 7 heteroatoms. The van der Waals surface area contributed by atoms with Crippen LogP contribution in [0.3, 0.4) is 0 Å². The van der Waals surface area contributed by atoms with Gasteiger partial charge in [0.1, 0.15) is 5.60 Å². The first kappa shape index (κ1) is 16.1. The highest BCUT2D eigenvalue weighted by atomic mass is 16.7. The summed E-state index contributed by atoms with van der Waals surface area (Å²) in [6, 6.07) is 2.55. The molecule has 2 N–H and O–H groups in total. The van der Waals surface area contributed by atoms with Crippen molar-refractivity contribution in [1.29, 1.82) is 0 Å². The molecule has 3 aliphatic rings. The summed E-state index contributed by atoms with van der Waals surface area (Å²) in [5.41, 5.74) is 1.87. The Bertz CT molecular complexity index is 817. The van der Waals surface area contributed by atoms with Gasteiger partial charge in [-0.05, 0) is 57.7 Å². The number of oxime groups is 1. The Morgan fingerprint density at radius 1 is 1.19 bits per heavy atom. The normalized spacial score (nSPS) is 23.2. The van der Waals surface area contributed by atoms with Crippen molar-refractivity contribution in [2.75, 3.05) is 18.4 Å². The van der Waals surface area contributed by atoms with Crippen molar-refractivity contribution in [2.24, 2.45) is 5.16 Å². The minimum absolute atomic E-state index is 0.100. The monoisotopic (exact) mass is 354 g/mol. The topological polar surface area (TPSA) is 76.4 Å². The fourth-order valence-electron chi connectivity index (χ4n) is 4.51. The number of fused-ring (bicyclic) bond motifs is 1. The summed E-state index contributed by atoms with van der Waals surface area (Å²) < 4.78 is 1.87. The van der Waals surface area contributed by atoms with Crippen molar-refractivity contribution >= 4 is 22.6 Å². The van der Waals surface area contributed by atoms with Gasteiger partial charge in [0.25, 0.3) is 0 Å². The molecule has 1 saturated heterocycles. The van der Waals surface area contributed by atoms with E-state index in [4.69, 9.17) is 4.84 Å². The molecule has 0 atom stereocenters. The predicted molar refractivity (Wildman–Crippen MR) is 101 cm³/mol. The number of pyridine rings is 1. The number of aromatic nitrogens is 3. The van der Waals surface area contributed by atoms with Gasteiger partial charge in [0.15, 0.2) is 11.5 Å². The fourth-order valence-corrected chi connectivity index (χ4v) is 4.51. The van der Waals surface area contributed by atoms with Crippen molar-refractivity contribution in [3.63, 3.8) is 0 Å². The first-order valence-electron chi connectivity index (χ1n) is 9.88. The molecule has 4 heterocycles. The van der Waals surface area contributed by atoms with Crippen LogP contribution in [0.5, 0.6) is 0 Å². The lowest BCUT2D eigenvalue weighted by Gasteiger charge is -2.30. The highest BCUT2D eigenvalue weighted by Crippen LogP contribution is 2.39. The molecule has 5 rings (SSSR count). The molecule has 1 saturated carbocycles. The summed E-state index contributed by atoms with van der Waals surface area (Å²) in [6.07, 6.45) is 12.8. The average molecular weight is 354 g/mol. The van der Waals surface area contributed by atoms with Crippen LogP contribution in [0.4, 0.5) is 5.69 Å². The zero-order valence-corrected chi connectivity index (χ0v) is 15.1. The lowest BCUT2D eigenvalue weighted by atomic mass is 9.82. The van der Waals surface area contributed by atoms with E-state index in [1.54, 1.807) is 0 Å². The standard InChI is InChI=1S/C19H26N6O/c1-2-7-19(8-3-1)12-17(24-26-19)25-18-15(13-22-25)16(6-11-21-18)23-14-4-9-20-10-5-14/h6,11,13-14,20H,1-5,7-10,12H2,(H,21,23). The largest absolute Gasteiger partial charge is 0.387 e. The van der Waals surface area contributed by atoms with Gasteiger partial charge in [0.2, 0.25) is 0 Å². The molecule has 0 bridgehead atoms. The molecule has 1 aliphatic carbocycles. The lowest BCUT2D eigenvalue weighted by molar-refractivity contribution is -0.0449. The zero-order chi connectivity index (χ0) is 17.4. The van der Waals surface area contributed by atoms with Crippen molar-refractivity contribution in [2.45, 2.75) is 63.0 Å². The van der Waals surface area contributed by atoms with Gasteiger partial charge in [-0.15, -0.1) is 0 Å². The summed E-state index contributed by atoms with van der Waals surface area (Å²) in [5.74, 6) is 0.883. The SMILES string of the molecule is c1cc(NC2CCNCC2)c2cnn(C3=NOC4(CCCCC4)C3)c2n1. The van der Waals surface area contributed by atoms with E-state index < -0.39 is 0 Å². The number of hydrogen-bond donors (Lipinski definition) is 2. The van der Waals surface area contributed by atoms with E-state index in [1.165, 1.54) is 19.3 Å². The van der Waals surface area contributed by atoms with Crippen LogP contribution in [-0.4, -0.2) is 45.3 Å². The molecule has 0 aromatic carbocycles. The van der Waals surface area contributed by atoms with E-state index >= 15 is 0 Å². The van der Waals surface area contributed by atoms with Crippen LogP contribution in [0.1, 0.15) is 51.4 Å². The molecule has 2 aliphatic heterocycles. The van der Waals surface area contributed by atoms with Gasteiger partial charge in [-0.2, -0.15) is 9.78 Å². The highest BCUT2D eigenvalue weighted by Gasteiger charge is 2.41. The Morgan fingerprint density at radius 3 is 2.88 bits per heavy atom. The summed E-state index contributed by atoms with van der Waals surface area (Å²) >= 11 is 0. The van der Waals surface area contributed by atoms with Crippen LogP contribution in [0.15, 0.2) is 23.6 Å². The van der Waals surface area contributed by atoms with Gasteiger partial charge in [0, 0.05) is 17.9 Å². The fraction of sp³-hybridized carbons (Fsp3) is 0.632. The molecule has 1 spiro atoms. The van der Waals surface area contributed by atoms with Gasteiger partial charge >= 0.3 is 0 Å². The van der Waals surface area contributed by atoms with Crippen molar-refractivity contribution in [1.82, 2.24) is 20.1 Å². The van der Waals surface area contributed by atoms with Gasteiger partial charge in [0.05, 0.1) is 18.0 Å². The first-order valence-corrected chi connectivity index (χ1v) is 9.88. The van der Waals surface area contributed by atoms with Crippen molar-refractivity contribution in [3.8, 4) is 0 Å². The van der Waals surface area contributed by atoms with Crippen molar-refractivity contribution in [3.05, 3.63) is 18.5 Å². The summed E-state index contributed by atoms with van der Waals surface area (Å²) in [6.45, 7) is 2.14. The molecule has 2 fully saturated rings. The Kier molecular flexibility index (Phi) is 4.04. The Hall–Kier alpha value is -2.15. The van der Waals surface area contributed by atoms with Gasteiger partial charge in [-0.1, -0.05) is 11.6 Å². The van der Waals surface area contributed by atoms with Gasteiger partial charge in [-0.3, -0.25) is 0 Å². The number of anilines is 1. The molecule has 0 amide bonds. The van der Waals surface area contributed by atoms with Crippen molar-refractivity contribution < 1.29 is 4.84 Å². The number of nitrogens with zero attached hydrogens (tertiary/aromatic N) is 4. The molecule has 0 unspecified atom stereocenters. The van der Waals surface area contributed by atoms with E-state index in [-0.39, 0.29) is 5.60 Å². The summed E-state index contributed by atoms with van der Waals surface area (Å²) in [4.78, 5) is 10.5. The Morgan fingerprint density at radius 2 is 2.04 bits per heavy atom. The number of rotatable bonds is 2. The van der Waals surface area contributed by atoms with Crippen LogP contribution < -0.4 is 10.6 Å². The molecule has 2 aromatic rings. The van der Waals surface area contributed by atoms with E-state index in [1.807, 2.05) is 23.1 Å². The maximum atomic E-state index is 5.90. The molecule has 0 radical (unpaired) electrons. The molecule has 138 valence electrons. The quantitative estimate of drug-likeness (QED) is 0.867. The van der Waals surface area contributed by atoms with Crippen LogP contribution in [0, 0.1) is 0 Å². The Balaban J connectivity index is 1.40. The van der Waals surface area contributed by atoms with E-state index in [0.717, 1.165) is 67.8 Å². The minimum atomic E-state index is -0.100. The van der Waals surface area contributed by atoms with Crippen LogP contribution >= 0.6 is 0 Å². The van der Waals surface area contributed by atoms with Gasteiger partial charge in [-0.25, -0.2) is 4.98 Å². The van der Waals surface area contributed by atoms with E-state index in [0.29, 0.717) is 6.04 Å². The second kappa shape index (κ2) is 6.54. The average Bonchev–Trinajstić information content (AvgIpc) is 3.28. The smallest absolute Gasteiger partial charge is 0.175 e. The third-order valence-corrected chi connectivity index (χ3v) is 6.01. The van der Waals surface area contributed by atoms with Gasteiger partial charge < -0.3 is 15.5 Å². The maximum Gasteiger partial charge on any atom is 0.175 e.